The van der Waals surface area contributed by atoms with Gasteiger partial charge in [-0.3, -0.25) is 4.98 Å². The monoisotopic (exact) mass is 227 g/mol. The predicted octanol–water partition coefficient (Wildman–Crippen LogP) is 2.94. The van der Waals surface area contributed by atoms with Gasteiger partial charge in [0.2, 0.25) is 0 Å². The van der Waals surface area contributed by atoms with Gasteiger partial charge in [-0.1, -0.05) is 6.07 Å². The van der Waals surface area contributed by atoms with Crippen molar-refractivity contribution in [1.29, 1.82) is 0 Å². The summed E-state index contributed by atoms with van der Waals surface area (Å²) in [5.41, 5.74) is 8.62. The van der Waals surface area contributed by atoms with E-state index in [2.05, 4.69) is 15.3 Å². The van der Waals surface area contributed by atoms with E-state index in [0.717, 1.165) is 22.2 Å². The number of hydrogen-bond acceptors (Lipinski definition) is 4. The molecule has 0 radical (unpaired) electrons. The molecule has 0 aromatic carbocycles. The van der Waals surface area contributed by atoms with Crippen molar-refractivity contribution in [2.24, 2.45) is 0 Å². The molecule has 0 amide bonds. The minimum atomic E-state index is 0.529. The zero-order valence-electron chi connectivity index (χ0n) is 8.42. The Balaban J connectivity index is 2.39. The standard InChI is InChI=1S/C12H9N3S/c13-10-6-8-2-1-4-14-11(8)12(15-10)9-3-5-16-7-9/h1-7H,(H2,13,15). The summed E-state index contributed by atoms with van der Waals surface area (Å²) in [6, 6.07) is 7.77. The van der Waals surface area contributed by atoms with Gasteiger partial charge in [-0.25, -0.2) is 4.98 Å². The Labute approximate surface area is 96.6 Å². The highest BCUT2D eigenvalue weighted by Crippen LogP contribution is 2.27. The van der Waals surface area contributed by atoms with Gasteiger partial charge in [0.1, 0.15) is 5.82 Å². The van der Waals surface area contributed by atoms with Crippen molar-refractivity contribution in [3.63, 3.8) is 0 Å². The average molecular weight is 227 g/mol. The van der Waals surface area contributed by atoms with Crippen LogP contribution in [0, 0.1) is 0 Å². The lowest BCUT2D eigenvalue weighted by Crippen LogP contribution is -1.94. The maximum Gasteiger partial charge on any atom is 0.124 e. The summed E-state index contributed by atoms with van der Waals surface area (Å²) in [6.07, 6.45) is 1.77. The molecule has 4 heteroatoms. The number of nitrogens with two attached hydrogens (primary N) is 1. The summed E-state index contributed by atoms with van der Waals surface area (Å²) in [5.74, 6) is 0.529. The van der Waals surface area contributed by atoms with E-state index in [1.54, 1.807) is 17.5 Å². The van der Waals surface area contributed by atoms with E-state index in [4.69, 9.17) is 5.73 Å². The molecule has 0 fully saturated rings. The van der Waals surface area contributed by atoms with Crippen molar-refractivity contribution in [3.8, 4) is 11.3 Å². The quantitative estimate of drug-likeness (QED) is 0.695. The Morgan fingerprint density at radius 1 is 1.25 bits per heavy atom. The number of nitrogens with zero attached hydrogens (tertiary/aromatic N) is 2. The second-order valence-corrected chi connectivity index (χ2v) is 4.26. The number of pyridine rings is 2. The fourth-order valence-electron chi connectivity index (χ4n) is 1.71. The Bertz CT molecular complexity index is 632. The first-order chi connectivity index (χ1) is 7.84. The molecule has 2 N–H and O–H groups in total. The second-order valence-electron chi connectivity index (χ2n) is 3.48. The zero-order valence-corrected chi connectivity index (χ0v) is 9.24. The average Bonchev–Trinajstić information content (AvgIpc) is 2.81. The fraction of sp³-hybridized carbons (Fsp3) is 0. The number of fused-ring (bicyclic) bond motifs is 1. The van der Waals surface area contributed by atoms with Crippen molar-refractivity contribution in [2.75, 3.05) is 5.73 Å². The molecule has 3 heterocycles. The van der Waals surface area contributed by atoms with E-state index in [0.29, 0.717) is 5.82 Å². The number of nitrogen functional groups attached to an aromatic ring is 1. The molecular formula is C12H9N3S. The number of aromatic nitrogens is 2. The molecular weight excluding hydrogens is 218 g/mol. The molecule has 0 atom stereocenters. The third kappa shape index (κ3) is 1.44. The first-order valence-electron chi connectivity index (χ1n) is 4.88. The summed E-state index contributed by atoms with van der Waals surface area (Å²) in [7, 11) is 0. The lowest BCUT2D eigenvalue weighted by atomic mass is 10.1. The Hall–Kier alpha value is -1.94. The van der Waals surface area contributed by atoms with Crippen LogP contribution in [0.15, 0.2) is 41.2 Å². The second kappa shape index (κ2) is 3.57. The Morgan fingerprint density at radius 2 is 2.19 bits per heavy atom. The third-order valence-corrected chi connectivity index (χ3v) is 3.09. The van der Waals surface area contributed by atoms with Gasteiger partial charge in [0.05, 0.1) is 11.2 Å². The summed E-state index contributed by atoms with van der Waals surface area (Å²) in [5, 5.41) is 5.10. The summed E-state index contributed by atoms with van der Waals surface area (Å²) in [4.78, 5) is 8.73. The van der Waals surface area contributed by atoms with Gasteiger partial charge in [0, 0.05) is 22.5 Å². The van der Waals surface area contributed by atoms with Crippen LogP contribution in [0.25, 0.3) is 22.2 Å². The molecule has 0 bridgehead atoms. The smallest absolute Gasteiger partial charge is 0.124 e. The summed E-state index contributed by atoms with van der Waals surface area (Å²) in [6.45, 7) is 0. The van der Waals surface area contributed by atoms with Gasteiger partial charge in [0.15, 0.2) is 0 Å². The van der Waals surface area contributed by atoms with Gasteiger partial charge in [-0.15, -0.1) is 0 Å². The molecule has 3 rings (SSSR count). The minimum Gasteiger partial charge on any atom is -0.384 e. The van der Waals surface area contributed by atoms with Gasteiger partial charge in [0.25, 0.3) is 0 Å². The number of thiophene rings is 1. The summed E-state index contributed by atoms with van der Waals surface area (Å²) < 4.78 is 0. The molecule has 16 heavy (non-hydrogen) atoms. The van der Waals surface area contributed by atoms with Gasteiger partial charge < -0.3 is 5.73 Å². The molecule has 3 aromatic heterocycles. The van der Waals surface area contributed by atoms with Crippen molar-refractivity contribution in [3.05, 3.63) is 41.2 Å². The van der Waals surface area contributed by atoms with E-state index in [1.807, 2.05) is 29.6 Å². The van der Waals surface area contributed by atoms with Crippen LogP contribution in [-0.4, -0.2) is 9.97 Å². The fourth-order valence-corrected chi connectivity index (χ4v) is 2.35. The van der Waals surface area contributed by atoms with Crippen LogP contribution < -0.4 is 5.73 Å². The number of rotatable bonds is 1. The van der Waals surface area contributed by atoms with Crippen molar-refractivity contribution >= 4 is 28.1 Å². The molecule has 0 saturated carbocycles. The lowest BCUT2D eigenvalue weighted by Gasteiger charge is -2.04. The molecule has 0 saturated heterocycles. The highest BCUT2D eigenvalue weighted by Gasteiger charge is 2.08. The third-order valence-electron chi connectivity index (χ3n) is 2.40. The van der Waals surface area contributed by atoms with Crippen LogP contribution in [0.1, 0.15) is 0 Å². The van der Waals surface area contributed by atoms with Gasteiger partial charge in [-0.05, 0) is 23.6 Å². The maximum atomic E-state index is 5.80. The molecule has 0 spiro atoms. The Morgan fingerprint density at radius 3 is 3.00 bits per heavy atom. The van der Waals surface area contributed by atoms with E-state index in [-0.39, 0.29) is 0 Å². The van der Waals surface area contributed by atoms with Gasteiger partial charge in [-0.2, -0.15) is 11.3 Å². The van der Waals surface area contributed by atoms with Crippen molar-refractivity contribution in [1.82, 2.24) is 9.97 Å². The maximum absolute atomic E-state index is 5.80. The van der Waals surface area contributed by atoms with Gasteiger partial charge >= 0.3 is 0 Å². The molecule has 0 aliphatic heterocycles. The molecule has 0 unspecified atom stereocenters. The van der Waals surface area contributed by atoms with Crippen molar-refractivity contribution < 1.29 is 0 Å². The van der Waals surface area contributed by atoms with E-state index in [9.17, 15) is 0 Å². The molecule has 78 valence electrons. The minimum absolute atomic E-state index is 0.529. The molecule has 3 aromatic rings. The largest absolute Gasteiger partial charge is 0.384 e. The predicted molar refractivity (Wildman–Crippen MR) is 67.3 cm³/mol. The van der Waals surface area contributed by atoms with E-state index >= 15 is 0 Å². The molecule has 3 nitrogen and oxygen atoms in total. The van der Waals surface area contributed by atoms with Crippen LogP contribution >= 0.6 is 11.3 Å². The molecule has 0 aliphatic rings. The van der Waals surface area contributed by atoms with Crippen LogP contribution in [0.2, 0.25) is 0 Å². The topological polar surface area (TPSA) is 51.8 Å². The SMILES string of the molecule is Nc1cc2cccnc2c(-c2ccsc2)n1. The van der Waals surface area contributed by atoms with E-state index < -0.39 is 0 Å². The number of anilines is 1. The van der Waals surface area contributed by atoms with Crippen LogP contribution in [0.3, 0.4) is 0 Å². The van der Waals surface area contributed by atoms with Crippen LogP contribution in [-0.2, 0) is 0 Å². The zero-order chi connectivity index (χ0) is 11.0. The first-order valence-corrected chi connectivity index (χ1v) is 5.83. The Kier molecular flexibility index (Phi) is 2.08. The normalized spacial score (nSPS) is 10.8. The van der Waals surface area contributed by atoms with Crippen LogP contribution in [0.5, 0.6) is 0 Å². The first kappa shape index (κ1) is 9.30. The lowest BCUT2D eigenvalue weighted by molar-refractivity contribution is 1.32. The summed E-state index contributed by atoms with van der Waals surface area (Å²) >= 11 is 1.64. The van der Waals surface area contributed by atoms with Crippen LogP contribution in [0.4, 0.5) is 5.82 Å². The highest BCUT2D eigenvalue weighted by atomic mass is 32.1. The van der Waals surface area contributed by atoms with Crippen molar-refractivity contribution in [2.45, 2.75) is 0 Å². The highest BCUT2D eigenvalue weighted by molar-refractivity contribution is 7.08. The molecule has 0 aliphatic carbocycles. The number of hydrogen-bond donors (Lipinski definition) is 1. The van der Waals surface area contributed by atoms with E-state index in [1.165, 1.54) is 0 Å².